The number of fused-ring (bicyclic) bond motifs is 1. The van der Waals surface area contributed by atoms with Crippen LogP contribution in [0.4, 0.5) is 11.4 Å². The molecule has 138 valence electrons. The Kier molecular flexibility index (Phi) is 7.88. The molecule has 0 saturated carbocycles. The van der Waals surface area contributed by atoms with Gasteiger partial charge in [0.1, 0.15) is 0 Å². The molecule has 0 spiro atoms. The molecule has 1 aliphatic rings. The van der Waals surface area contributed by atoms with Crippen LogP contribution in [-0.4, -0.2) is 52.3 Å². The molecule has 0 unspecified atom stereocenters. The molecule has 25 heavy (non-hydrogen) atoms. The molecule has 0 saturated heterocycles. The number of amides is 2. The highest BCUT2D eigenvalue weighted by Gasteiger charge is 2.27. The Bertz CT molecular complexity index is 527. The Morgan fingerprint density at radius 2 is 1.32 bits per heavy atom. The van der Waals surface area contributed by atoms with E-state index >= 15 is 0 Å². The zero-order valence-corrected chi connectivity index (χ0v) is 15.2. The maximum atomic E-state index is 12.6. The second-order valence-electron chi connectivity index (χ2n) is 6.13. The SMILES string of the molecule is COCCCC(=O)N1CCCN(C(=O)CCCOC)c2ccccc21. The van der Waals surface area contributed by atoms with Crippen LogP contribution in [0.5, 0.6) is 0 Å². The summed E-state index contributed by atoms with van der Waals surface area (Å²) < 4.78 is 10.1. The molecule has 6 nitrogen and oxygen atoms in total. The molecule has 0 atom stereocenters. The average molecular weight is 348 g/mol. The maximum Gasteiger partial charge on any atom is 0.227 e. The van der Waals surface area contributed by atoms with Crippen molar-refractivity contribution in [3.05, 3.63) is 24.3 Å². The highest BCUT2D eigenvalue weighted by Crippen LogP contribution is 2.33. The van der Waals surface area contributed by atoms with Crippen molar-refractivity contribution in [1.29, 1.82) is 0 Å². The average Bonchev–Trinajstić information content (AvgIpc) is 2.82. The molecule has 1 aliphatic heterocycles. The van der Waals surface area contributed by atoms with Gasteiger partial charge >= 0.3 is 0 Å². The minimum Gasteiger partial charge on any atom is -0.385 e. The van der Waals surface area contributed by atoms with Crippen LogP contribution < -0.4 is 9.80 Å². The first-order valence-corrected chi connectivity index (χ1v) is 8.86. The molecule has 0 aliphatic carbocycles. The smallest absolute Gasteiger partial charge is 0.227 e. The third-order valence-electron chi connectivity index (χ3n) is 4.31. The molecular formula is C19H28N2O4. The van der Waals surface area contributed by atoms with Crippen molar-refractivity contribution >= 4 is 23.2 Å². The van der Waals surface area contributed by atoms with Crippen LogP contribution >= 0.6 is 0 Å². The van der Waals surface area contributed by atoms with E-state index in [0.29, 0.717) is 52.0 Å². The van der Waals surface area contributed by atoms with Gasteiger partial charge in [-0.05, 0) is 31.4 Å². The fourth-order valence-electron chi connectivity index (χ4n) is 3.07. The van der Waals surface area contributed by atoms with Crippen LogP contribution in [-0.2, 0) is 19.1 Å². The van der Waals surface area contributed by atoms with E-state index in [-0.39, 0.29) is 11.8 Å². The van der Waals surface area contributed by atoms with E-state index < -0.39 is 0 Å². The van der Waals surface area contributed by atoms with Gasteiger partial charge in [0.2, 0.25) is 11.8 Å². The van der Waals surface area contributed by atoms with Gasteiger partial charge in [-0.3, -0.25) is 9.59 Å². The summed E-state index contributed by atoms with van der Waals surface area (Å²) in [6.07, 6.45) is 3.07. The first-order chi connectivity index (χ1) is 12.2. The maximum absolute atomic E-state index is 12.6. The molecule has 0 fully saturated rings. The molecule has 1 aromatic rings. The fourth-order valence-corrected chi connectivity index (χ4v) is 3.07. The first-order valence-electron chi connectivity index (χ1n) is 8.86. The third-order valence-corrected chi connectivity index (χ3v) is 4.31. The molecule has 2 rings (SSSR count). The van der Waals surface area contributed by atoms with E-state index in [0.717, 1.165) is 17.8 Å². The lowest BCUT2D eigenvalue weighted by Gasteiger charge is -2.25. The predicted octanol–water partition coefficient (Wildman–Crippen LogP) is 2.61. The van der Waals surface area contributed by atoms with Gasteiger partial charge in [-0.25, -0.2) is 0 Å². The number of anilines is 2. The van der Waals surface area contributed by atoms with Crippen molar-refractivity contribution < 1.29 is 19.1 Å². The van der Waals surface area contributed by atoms with Crippen molar-refractivity contribution in [2.45, 2.75) is 32.1 Å². The Morgan fingerprint density at radius 3 is 1.72 bits per heavy atom. The van der Waals surface area contributed by atoms with E-state index in [4.69, 9.17) is 9.47 Å². The summed E-state index contributed by atoms with van der Waals surface area (Å²) in [6.45, 7) is 2.41. The number of methoxy groups -OCH3 is 2. The summed E-state index contributed by atoms with van der Waals surface area (Å²) >= 11 is 0. The highest BCUT2D eigenvalue weighted by atomic mass is 16.5. The van der Waals surface area contributed by atoms with Crippen molar-refractivity contribution in [2.24, 2.45) is 0 Å². The van der Waals surface area contributed by atoms with E-state index in [1.807, 2.05) is 34.1 Å². The molecule has 6 heteroatoms. The van der Waals surface area contributed by atoms with Crippen LogP contribution in [0.1, 0.15) is 32.1 Å². The number of hydrogen-bond acceptors (Lipinski definition) is 4. The number of carbonyl (C=O) groups is 2. The van der Waals surface area contributed by atoms with Gasteiger partial charge in [-0.1, -0.05) is 12.1 Å². The summed E-state index contributed by atoms with van der Waals surface area (Å²) in [7, 11) is 3.28. The zero-order chi connectivity index (χ0) is 18.1. The van der Waals surface area contributed by atoms with Gasteiger partial charge in [0, 0.05) is 53.4 Å². The molecule has 0 radical (unpaired) electrons. The topological polar surface area (TPSA) is 59.1 Å². The van der Waals surface area contributed by atoms with Crippen molar-refractivity contribution in [1.82, 2.24) is 0 Å². The molecular weight excluding hydrogens is 320 g/mol. The Labute approximate surface area is 149 Å². The molecule has 0 aromatic heterocycles. The van der Waals surface area contributed by atoms with Crippen molar-refractivity contribution in [2.75, 3.05) is 50.3 Å². The Morgan fingerprint density at radius 1 is 0.880 bits per heavy atom. The quantitative estimate of drug-likeness (QED) is 0.678. The predicted molar refractivity (Wildman–Crippen MR) is 98.0 cm³/mol. The summed E-state index contributed by atoms with van der Waals surface area (Å²) in [5.74, 6) is 0.163. The third kappa shape index (κ3) is 5.28. The Hall–Kier alpha value is -1.92. The zero-order valence-electron chi connectivity index (χ0n) is 15.2. The van der Waals surface area contributed by atoms with Crippen molar-refractivity contribution in [3.63, 3.8) is 0 Å². The summed E-state index contributed by atoms with van der Waals surface area (Å²) in [4.78, 5) is 28.9. The van der Waals surface area contributed by atoms with Crippen LogP contribution in [0.15, 0.2) is 24.3 Å². The number of nitrogens with zero attached hydrogens (tertiary/aromatic N) is 2. The van der Waals surface area contributed by atoms with Crippen LogP contribution in [0, 0.1) is 0 Å². The van der Waals surface area contributed by atoms with Gasteiger partial charge in [-0.15, -0.1) is 0 Å². The lowest BCUT2D eigenvalue weighted by atomic mass is 10.2. The summed E-state index contributed by atoms with van der Waals surface area (Å²) in [6, 6.07) is 7.66. The number of para-hydroxylation sites is 2. The summed E-state index contributed by atoms with van der Waals surface area (Å²) in [5.41, 5.74) is 1.64. The first kappa shape index (κ1) is 19.4. The van der Waals surface area contributed by atoms with Gasteiger partial charge in [0.05, 0.1) is 11.4 Å². The largest absolute Gasteiger partial charge is 0.385 e. The number of rotatable bonds is 8. The van der Waals surface area contributed by atoms with Gasteiger partial charge in [-0.2, -0.15) is 0 Å². The lowest BCUT2D eigenvalue weighted by Crippen LogP contribution is -2.31. The number of benzene rings is 1. The van der Waals surface area contributed by atoms with Crippen molar-refractivity contribution in [3.8, 4) is 0 Å². The fraction of sp³-hybridized carbons (Fsp3) is 0.579. The molecule has 0 bridgehead atoms. The normalized spacial score (nSPS) is 14.2. The highest BCUT2D eigenvalue weighted by molar-refractivity contribution is 6.02. The number of ether oxygens (including phenoxy) is 2. The van der Waals surface area contributed by atoms with Gasteiger partial charge in [0.25, 0.3) is 0 Å². The monoisotopic (exact) mass is 348 g/mol. The van der Waals surface area contributed by atoms with E-state index in [1.165, 1.54) is 0 Å². The van der Waals surface area contributed by atoms with Gasteiger partial charge in [0.15, 0.2) is 0 Å². The minimum absolute atomic E-state index is 0.0816. The van der Waals surface area contributed by atoms with E-state index in [2.05, 4.69) is 0 Å². The second-order valence-corrected chi connectivity index (χ2v) is 6.13. The second kappa shape index (κ2) is 10.2. The molecule has 2 amide bonds. The van der Waals surface area contributed by atoms with Gasteiger partial charge < -0.3 is 19.3 Å². The minimum atomic E-state index is 0.0816. The van der Waals surface area contributed by atoms with Crippen LogP contribution in [0.2, 0.25) is 0 Å². The number of hydrogen-bond donors (Lipinski definition) is 0. The molecule has 1 heterocycles. The van der Waals surface area contributed by atoms with Crippen LogP contribution in [0.3, 0.4) is 0 Å². The summed E-state index contributed by atoms with van der Waals surface area (Å²) in [5, 5.41) is 0. The van der Waals surface area contributed by atoms with Crippen LogP contribution in [0.25, 0.3) is 0 Å². The lowest BCUT2D eigenvalue weighted by molar-refractivity contribution is -0.119. The standard InChI is InChI=1S/C19H28N2O4/c1-24-14-5-10-18(22)20-12-7-13-21(19(23)11-6-15-25-2)17-9-4-3-8-16(17)20/h3-4,8-9H,5-7,10-15H2,1-2H3. The number of carbonyl (C=O) groups excluding carboxylic acids is 2. The molecule has 0 N–H and O–H groups in total. The molecule has 1 aromatic carbocycles. The Balaban J connectivity index is 2.16. The van der Waals surface area contributed by atoms with E-state index in [9.17, 15) is 9.59 Å². The van der Waals surface area contributed by atoms with E-state index in [1.54, 1.807) is 14.2 Å².